The number of hydrogen-bond donors (Lipinski definition) is 0. The highest BCUT2D eigenvalue weighted by atomic mass is 16.5. The molecule has 1 aliphatic carbocycles. The number of carbonyl (C=O) groups is 1. The first-order valence-electron chi connectivity index (χ1n) is 14.0. The van der Waals surface area contributed by atoms with Crippen LogP contribution in [0.3, 0.4) is 0 Å². The first-order chi connectivity index (χ1) is 19.5. The van der Waals surface area contributed by atoms with Gasteiger partial charge in [0.1, 0.15) is 11.6 Å². The van der Waals surface area contributed by atoms with Crippen LogP contribution in [0.5, 0.6) is 0 Å². The fourth-order valence-corrected chi connectivity index (χ4v) is 5.79. The lowest BCUT2D eigenvalue weighted by molar-refractivity contribution is -0.135. The second-order valence-corrected chi connectivity index (χ2v) is 10.5. The predicted molar refractivity (Wildman–Crippen MR) is 161 cm³/mol. The molecule has 0 amide bonds. The Morgan fingerprint density at radius 3 is 2.48 bits per heavy atom. The zero-order valence-corrected chi connectivity index (χ0v) is 23.6. The van der Waals surface area contributed by atoms with E-state index in [1.165, 1.54) is 12.7 Å². The number of nitrogens with zero attached hydrogens (tertiary/aromatic N) is 4. The molecule has 0 aliphatic heterocycles. The molecule has 3 aromatic carbocycles. The van der Waals surface area contributed by atoms with Crippen LogP contribution in [0.4, 0.5) is 0 Å². The van der Waals surface area contributed by atoms with E-state index in [4.69, 9.17) is 14.7 Å². The largest absolute Gasteiger partial charge is 0.465 e. The fourth-order valence-electron chi connectivity index (χ4n) is 5.79. The molecule has 0 unspecified atom stereocenters. The van der Waals surface area contributed by atoms with Gasteiger partial charge in [0.2, 0.25) is 0 Å². The van der Waals surface area contributed by atoms with Gasteiger partial charge in [0.25, 0.3) is 0 Å². The molecule has 5 aromatic rings. The molecule has 2 aromatic heterocycles. The molecule has 0 radical (unpaired) electrons. The minimum absolute atomic E-state index is 0.282. The van der Waals surface area contributed by atoms with Gasteiger partial charge in [-0.25, -0.2) is 14.8 Å². The van der Waals surface area contributed by atoms with Crippen LogP contribution in [-0.2, 0) is 29.5 Å². The first-order valence-corrected chi connectivity index (χ1v) is 14.0. The van der Waals surface area contributed by atoms with Crippen LogP contribution in [0.2, 0.25) is 0 Å². The molecule has 40 heavy (non-hydrogen) atoms. The fraction of sp³-hybridized carbons (Fsp3) is 0.265. The van der Waals surface area contributed by atoms with Gasteiger partial charge >= 0.3 is 5.97 Å². The Labute approximate surface area is 234 Å². The number of aryl methyl sites for hydroxylation is 3. The summed E-state index contributed by atoms with van der Waals surface area (Å²) >= 11 is 0. The van der Waals surface area contributed by atoms with Crippen LogP contribution < -0.4 is 0 Å². The van der Waals surface area contributed by atoms with E-state index in [9.17, 15) is 4.79 Å². The Balaban J connectivity index is 1.39. The number of ether oxygens (including phenoxy) is 1. The number of benzene rings is 3. The number of allylic oxidation sites excluding steroid dienone is 2. The van der Waals surface area contributed by atoms with Crippen molar-refractivity contribution < 1.29 is 9.53 Å². The van der Waals surface area contributed by atoms with Gasteiger partial charge < -0.3 is 13.9 Å². The van der Waals surface area contributed by atoms with E-state index in [0.29, 0.717) is 5.57 Å². The number of methoxy groups -OCH3 is 1. The Morgan fingerprint density at radius 1 is 0.950 bits per heavy atom. The number of fused-ring (bicyclic) bond motifs is 2. The Kier molecular flexibility index (Phi) is 6.84. The molecule has 0 saturated carbocycles. The maximum Gasteiger partial charge on any atom is 0.338 e. The summed E-state index contributed by atoms with van der Waals surface area (Å²) in [6, 6.07) is 21.2. The van der Waals surface area contributed by atoms with Crippen molar-refractivity contribution in [1.82, 2.24) is 19.1 Å². The van der Waals surface area contributed by atoms with Crippen LogP contribution in [0.25, 0.3) is 39.0 Å². The van der Waals surface area contributed by atoms with Crippen molar-refractivity contribution in [2.45, 2.75) is 46.1 Å². The maximum atomic E-state index is 12.3. The van der Waals surface area contributed by atoms with Gasteiger partial charge in [0, 0.05) is 25.6 Å². The minimum atomic E-state index is -0.282. The lowest BCUT2D eigenvalue weighted by Crippen LogP contribution is -2.09. The highest BCUT2D eigenvalue weighted by molar-refractivity contribution is 6.06. The molecule has 0 N–H and O–H groups in total. The zero-order valence-electron chi connectivity index (χ0n) is 23.6. The molecule has 1 aliphatic rings. The van der Waals surface area contributed by atoms with E-state index in [1.807, 2.05) is 12.1 Å². The number of imidazole rings is 2. The molecular weight excluding hydrogens is 496 g/mol. The summed E-state index contributed by atoms with van der Waals surface area (Å²) in [5, 5.41) is 0. The lowest BCUT2D eigenvalue weighted by Gasteiger charge is -2.16. The molecule has 0 spiro atoms. The van der Waals surface area contributed by atoms with Crippen LogP contribution in [0.1, 0.15) is 48.7 Å². The zero-order chi connectivity index (χ0) is 27.8. The number of para-hydroxylation sites is 2. The van der Waals surface area contributed by atoms with Crippen molar-refractivity contribution >= 4 is 33.6 Å². The SMILES string of the molecule is CCCc1nc2c(C)cc(-c3nc4ccccc4n3C)cc2n1Cc1ccc(C2=CCCC=C2C(=O)OC)cc1. The average molecular weight is 531 g/mol. The van der Waals surface area contributed by atoms with Crippen molar-refractivity contribution in [3.63, 3.8) is 0 Å². The third kappa shape index (κ3) is 4.53. The molecule has 2 heterocycles. The number of esters is 1. The second kappa shape index (κ2) is 10.6. The third-order valence-corrected chi connectivity index (χ3v) is 7.81. The monoisotopic (exact) mass is 530 g/mol. The summed E-state index contributed by atoms with van der Waals surface area (Å²) in [6.45, 7) is 5.05. The van der Waals surface area contributed by atoms with E-state index in [0.717, 1.165) is 88.2 Å². The van der Waals surface area contributed by atoms with Crippen LogP contribution >= 0.6 is 0 Å². The van der Waals surface area contributed by atoms with Crippen molar-refractivity contribution in [1.29, 1.82) is 0 Å². The Morgan fingerprint density at radius 2 is 1.73 bits per heavy atom. The van der Waals surface area contributed by atoms with Gasteiger partial charge in [-0.15, -0.1) is 0 Å². The molecule has 6 nitrogen and oxygen atoms in total. The quantitative estimate of drug-likeness (QED) is 0.209. The molecular formula is C34H34N4O2. The smallest absolute Gasteiger partial charge is 0.338 e. The molecule has 6 heteroatoms. The summed E-state index contributed by atoms with van der Waals surface area (Å²) in [7, 11) is 3.51. The lowest BCUT2D eigenvalue weighted by atomic mass is 9.91. The number of rotatable bonds is 7. The van der Waals surface area contributed by atoms with Gasteiger partial charge in [0.15, 0.2) is 0 Å². The van der Waals surface area contributed by atoms with Gasteiger partial charge in [-0.1, -0.05) is 55.5 Å². The summed E-state index contributed by atoms with van der Waals surface area (Å²) < 4.78 is 9.54. The highest BCUT2D eigenvalue weighted by Crippen LogP contribution is 2.32. The number of hydrogen-bond acceptors (Lipinski definition) is 4. The minimum Gasteiger partial charge on any atom is -0.465 e. The van der Waals surface area contributed by atoms with Crippen molar-refractivity contribution in [2.24, 2.45) is 7.05 Å². The topological polar surface area (TPSA) is 61.9 Å². The third-order valence-electron chi connectivity index (χ3n) is 7.81. The normalized spacial score (nSPS) is 13.5. The Hall–Kier alpha value is -4.45. The average Bonchev–Trinajstić information content (AvgIpc) is 3.50. The summed E-state index contributed by atoms with van der Waals surface area (Å²) in [6.07, 6.45) is 7.83. The van der Waals surface area contributed by atoms with E-state index < -0.39 is 0 Å². The van der Waals surface area contributed by atoms with E-state index in [1.54, 1.807) is 0 Å². The predicted octanol–water partition coefficient (Wildman–Crippen LogP) is 7.18. The highest BCUT2D eigenvalue weighted by Gasteiger charge is 2.20. The van der Waals surface area contributed by atoms with E-state index in [-0.39, 0.29) is 5.97 Å². The van der Waals surface area contributed by atoms with Crippen LogP contribution in [0, 0.1) is 6.92 Å². The molecule has 0 fully saturated rings. The summed E-state index contributed by atoms with van der Waals surface area (Å²) in [5.74, 6) is 1.77. The van der Waals surface area contributed by atoms with Gasteiger partial charge in [-0.05, 0) is 72.7 Å². The van der Waals surface area contributed by atoms with Crippen molar-refractivity contribution in [2.75, 3.05) is 7.11 Å². The summed E-state index contributed by atoms with van der Waals surface area (Å²) in [4.78, 5) is 22.4. The van der Waals surface area contributed by atoms with Crippen molar-refractivity contribution in [3.8, 4) is 11.4 Å². The molecule has 0 saturated heterocycles. The van der Waals surface area contributed by atoms with Gasteiger partial charge in [0.05, 0.1) is 34.7 Å². The van der Waals surface area contributed by atoms with Crippen LogP contribution in [-0.4, -0.2) is 32.2 Å². The molecule has 0 bridgehead atoms. The second-order valence-electron chi connectivity index (χ2n) is 10.5. The van der Waals surface area contributed by atoms with Gasteiger partial charge in [-0.2, -0.15) is 0 Å². The molecule has 202 valence electrons. The first kappa shape index (κ1) is 25.8. The Bertz CT molecular complexity index is 1800. The maximum absolute atomic E-state index is 12.3. The summed E-state index contributed by atoms with van der Waals surface area (Å²) in [5.41, 5.74) is 10.3. The number of aromatic nitrogens is 4. The molecule has 0 atom stereocenters. The van der Waals surface area contributed by atoms with Gasteiger partial charge in [-0.3, -0.25) is 0 Å². The molecule has 6 rings (SSSR count). The van der Waals surface area contributed by atoms with E-state index >= 15 is 0 Å². The van der Waals surface area contributed by atoms with Crippen LogP contribution in [0.15, 0.2) is 78.4 Å². The standard InChI is InChI=1S/C34H34N4O2/c1-5-10-31-36-32-22(2)19-25(33-35-28-13-8-9-14-29(28)37(33)3)20-30(32)38(31)21-23-15-17-24(18-16-23)26-11-6-7-12-27(26)34(39)40-4/h8-9,11-20H,5-7,10,21H2,1-4H3. The number of carbonyl (C=O) groups excluding carboxylic acids is 1. The van der Waals surface area contributed by atoms with Crippen molar-refractivity contribution in [3.05, 3.63) is 101 Å². The van der Waals surface area contributed by atoms with E-state index in [2.05, 4.69) is 90.7 Å².